The lowest BCUT2D eigenvalue weighted by Gasteiger charge is -2.12. The normalized spacial score (nSPS) is 15.6. The maximum Gasteiger partial charge on any atom is 0.353 e. The molecule has 2 rings (SSSR count). The second-order valence-corrected chi connectivity index (χ2v) is 3.36. The van der Waals surface area contributed by atoms with E-state index in [4.69, 9.17) is 0 Å². The fraction of sp³-hybridized carbons (Fsp3) is 0.500. The molecule has 1 aromatic heterocycles. The van der Waals surface area contributed by atoms with Gasteiger partial charge in [-0.05, 0) is 17.8 Å². The van der Waals surface area contributed by atoms with E-state index >= 15 is 0 Å². The van der Waals surface area contributed by atoms with Crippen LogP contribution in [0.2, 0.25) is 0 Å². The van der Waals surface area contributed by atoms with E-state index < -0.39 is 4.92 Å². The van der Waals surface area contributed by atoms with E-state index in [1.54, 1.807) is 4.90 Å². The summed E-state index contributed by atoms with van der Waals surface area (Å²) < 4.78 is 0. The zero-order valence-corrected chi connectivity index (χ0v) is 7.97. The fourth-order valence-electron chi connectivity index (χ4n) is 1.65. The zero-order valence-electron chi connectivity index (χ0n) is 7.97. The largest absolute Gasteiger partial charge is 0.358 e. The minimum Gasteiger partial charge on any atom is -0.358 e. The molecule has 1 fully saturated rings. The standard InChI is InChI=1S/C8H10N4O3/c13-8(11-3-1-2-4-11)6-7(12(14)15)10-5-9-6/h5H,1-4H2,(H,9,10). The molecule has 0 saturated carbocycles. The number of carbonyl (C=O) groups excluding carboxylic acids is 1. The van der Waals surface area contributed by atoms with Crippen molar-refractivity contribution in [2.45, 2.75) is 12.8 Å². The molecule has 0 unspecified atom stereocenters. The number of hydrogen-bond donors (Lipinski definition) is 1. The van der Waals surface area contributed by atoms with Crippen LogP contribution in [0.25, 0.3) is 0 Å². The highest BCUT2D eigenvalue weighted by atomic mass is 16.6. The van der Waals surface area contributed by atoms with Gasteiger partial charge < -0.3 is 15.0 Å². The lowest BCUT2D eigenvalue weighted by atomic mass is 10.4. The summed E-state index contributed by atoms with van der Waals surface area (Å²) in [6, 6.07) is 0. The molecule has 1 saturated heterocycles. The fourth-order valence-corrected chi connectivity index (χ4v) is 1.65. The van der Waals surface area contributed by atoms with Crippen LogP contribution < -0.4 is 0 Å². The first-order valence-corrected chi connectivity index (χ1v) is 4.67. The Balaban J connectivity index is 2.24. The quantitative estimate of drug-likeness (QED) is 0.570. The number of likely N-dealkylation sites (tertiary alicyclic amines) is 1. The molecule has 0 atom stereocenters. The van der Waals surface area contributed by atoms with E-state index in [1.807, 2.05) is 0 Å². The monoisotopic (exact) mass is 210 g/mol. The molecule has 0 aliphatic carbocycles. The summed E-state index contributed by atoms with van der Waals surface area (Å²) in [6.07, 6.45) is 3.06. The minimum atomic E-state index is -0.629. The predicted molar refractivity (Wildman–Crippen MR) is 50.4 cm³/mol. The summed E-state index contributed by atoms with van der Waals surface area (Å²) in [6.45, 7) is 1.31. The van der Waals surface area contributed by atoms with Gasteiger partial charge in [-0.15, -0.1) is 0 Å². The Morgan fingerprint density at radius 1 is 1.53 bits per heavy atom. The highest BCUT2D eigenvalue weighted by molar-refractivity contribution is 5.95. The summed E-state index contributed by atoms with van der Waals surface area (Å²) >= 11 is 0. The Labute approximate surface area is 85.3 Å². The molecule has 0 spiro atoms. The topological polar surface area (TPSA) is 92.1 Å². The van der Waals surface area contributed by atoms with Crippen molar-refractivity contribution in [1.82, 2.24) is 14.9 Å². The van der Waals surface area contributed by atoms with Gasteiger partial charge in [-0.3, -0.25) is 4.79 Å². The Morgan fingerprint density at radius 2 is 2.20 bits per heavy atom. The van der Waals surface area contributed by atoms with Crippen molar-refractivity contribution in [3.05, 3.63) is 22.1 Å². The summed E-state index contributed by atoms with van der Waals surface area (Å²) in [5, 5.41) is 10.6. The molecule has 1 aliphatic heterocycles. The predicted octanol–water partition coefficient (Wildman–Crippen LogP) is 0.554. The summed E-state index contributed by atoms with van der Waals surface area (Å²) in [4.78, 5) is 29.3. The molecule has 0 bridgehead atoms. The number of aromatic amines is 1. The summed E-state index contributed by atoms with van der Waals surface area (Å²) in [5.41, 5.74) is -0.0955. The van der Waals surface area contributed by atoms with Crippen LogP contribution >= 0.6 is 0 Å². The van der Waals surface area contributed by atoms with Crippen molar-refractivity contribution >= 4 is 11.7 Å². The van der Waals surface area contributed by atoms with E-state index in [0.717, 1.165) is 12.8 Å². The van der Waals surface area contributed by atoms with Gasteiger partial charge in [-0.1, -0.05) is 0 Å². The summed E-state index contributed by atoms with van der Waals surface area (Å²) in [7, 11) is 0. The number of rotatable bonds is 2. The number of nitrogens with zero attached hydrogens (tertiary/aromatic N) is 3. The smallest absolute Gasteiger partial charge is 0.353 e. The van der Waals surface area contributed by atoms with Crippen molar-refractivity contribution in [3.63, 3.8) is 0 Å². The molecule has 1 N–H and O–H groups in total. The van der Waals surface area contributed by atoms with Gasteiger partial charge in [0.25, 0.3) is 5.91 Å². The third kappa shape index (κ3) is 1.67. The van der Waals surface area contributed by atoms with E-state index in [0.29, 0.717) is 13.1 Å². The highest BCUT2D eigenvalue weighted by Gasteiger charge is 2.28. The third-order valence-corrected chi connectivity index (χ3v) is 2.40. The SMILES string of the molecule is O=C(c1nc[nH]c1[N+](=O)[O-])N1CCCC1. The lowest BCUT2D eigenvalue weighted by molar-refractivity contribution is -0.389. The average molecular weight is 210 g/mol. The molecule has 1 amide bonds. The second-order valence-electron chi connectivity index (χ2n) is 3.36. The molecule has 1 aliphatic rings. The highest BCUT2D eigenvalue weighted by Crippen LogP contribution is 2.17. The van der Waals surface area contributed by atoms with Crippen LogP contribution in [0.15, 0.2) is 6.33 Å². The van der Waals surface area contributed by atoms with Crippen LogP contribution in [0.4, 0.5) is 5.82 Å². The minimum absolute atomic E-state index is 0.0955. The van der Waals surface area contributed by atoms with Crippen LogP contribution in [-0.4, -0.2) is 38.8 Å². The molecular weight excluding hydrogens is 200 g/mol. The number of carbonyl (C=O) groups is 1. The number of H-pyrrole nitrogens is 1. The molecule has 1 aromatic rings. The van der Waals surface area contributed by atoms with Crippen LogP contribution in [-0.2, 0) is 0 Å². The van der Waals surface area contributed by atoms with Crippen LogP contribution in [0.3, 0.4) is 0 Å². The molecule has 0 radical (unpaired) electrons. The Hall–Kier alpha value is -1.92. The Bertz CT molecular complexity index is 394. The maximum absolute atomic E-state index is 11.8. The van der Waals surface area contributed by atoms with Gasteiger partial charge in [0.05, 0.1) is 0 Å². The zero-order chi connectivity index (χ0) is 10.8. The van der Waals surface area contributed by atoms with Gasteiger partial charge in [0.2, 0.25) is 5.69 Å². The number of nitrogens with one attached hydrogen (secondary N) is 1. The number of aromatic nitrogens is 2. The molecule has 7 heteroatoms. The van der Waals surface area contributed by atoms with Gasteiger partial charge in [0.1, 0.15) is 0 Å². The first-order chi connectivity index (χ1) is 7.20. The first kappa shape index (κ1) is 9.63. The van der Waals surface area contributed by atoms with Crippen molar-refractivity contribution < 1.29 is 9.72 Å². The lowest BCUT2D eigenvalue weighted by Crippen LogP contribution is -2.28. The number of amides is 1. The Morgan fingerprint density at radius 3 is 2.80 bits per heavy atom. The van der Waals surface area contributed by atoms with E-state index in [1.165, 1.54) is 6.33 Å². The number of nitro groups is 1. The summed E-state index contributed by atoms with van der Waals surface area (Å²) in [5.74, 6) is -0.688. The van der Waals surface area contributed by atoms with Gasteiger partial charge >= 0.3 is 5.82 Å². The average Bonchev–Trinajstić information content (AvgIpc) is 2.88. The molecule has 2 heterocycles. The third-order valence-electron chi connectivity index (χ3n) is 2.40. The molecule has 7 nitrogen and oxygen atoms in total. The Kier molecular flexibility index (Phi) is 2.36. The molecule has 15 heavy (non-hydrogen) atoms. The number of imidazole rings is 1. The van der Waals surface area contributed by atoms with Crippen LogP contribution in [0.1, 0.15) is 23.3 Å². The van der Waals surface area contributed by atoms with E-state index in [9.17, 15) is 14.9 Å². The molecule has 0 aromatic carbocycles. The first-order valence-electron chi connectivity index (χ1n) is 4.67. The van der Waals surface area contributed by atoms with Crippen LogP contribution in [0, 0.1) is 10.1 Å². The van der Waals surface area contributed by atoms with Gasteiger partial charge in [-0.2, -0.15) is 0 Å². The van der Waals surface area contributed by atoms with Gasteiger partial charge in [-0.25, -0.2) is 9.97 Å². The van der Waals surface area contributed by atoms with Crippen molar-refractivity contribution in [3.8, 4) is 0 Å². The second kappa shape index (κ2) is 3.68. The molecular formula is C8H10N4O3. The maximum atomic E-state index is 11.8. The molecule has 80 valence electrons. The van der Waals surface area contributed by atoms with Crippen LogP contribution in [0.5, 0.6) is 0 Å². The van der Waals surface area contributed by atoms with Gasteiger partial charge in [0.15, 0.2) is 6.33 Å². The number of hydrogen-bond acceptors (Lipinski definition) is 4. The van der Waals surface area contributed by atoms with E-state index in [-0.39, 0.29) is 17.4 Å². The van der Waals surface area contributed by atoms with Crippen molar-refractivity contribution in [2.75, 3.05) is 13.1 Å². The van der Waals surface area contributed by atoms with Gasteiger partial charge in [0, 0.05) is 13.1 Å². The van der Waals surface area contributed by atoms with Crippen molar-refractivity contribution in [2.24, 2.45) is 0 Å². The van der Waals surface area contributed by atoms with Crippen molar-refractivity contribution in [1.29, 1.82) is 0 Å². The van der Waals surface area contributed by atoms with E-state index in [2.05, 4.69) is 9.97 Å².